The van der Waals surface area contributed by atoms with E-state index >= 15 is 0 Å². The number of hydrogen-bond donors (Lipinski definition) is 0. The standard InChI is InChI=1S/C35H36ClN3O2PSSi/c1-43-35-34(42(26-14-8-5-9-15-26,27-16-10-6-11-17-27)28-18-12-7-13-19-28)38-33(41-35)30-24-37-32-29(31(30)36)20-21-39(32)25-40-22-23-44(2,3)4/h5-21,24H,22-23,25H2,1-4H3/q+1. The van der Waals surface area contributed by atoms with Gasteiger partial charge in [-0.3, -0.25) is 0 Å². The summed E-state index contributed by atoms with van der Waals surface area (Å²) in [5.41, 5.74) is 2.38. The van der Waals surface area contributed by atoms with Gasteiger partial charge in [-0.25, -0.2) is 4.98 Å². The summed E-state index contributed by atoms with van der Waals surface area (Å²) in [6, 6.07) is 35.1. The lowest BCUT2D eigenvalue weighted by atomic mass is 10.2. The van der Waals surface area contributed by atoms with E-state index in [0.29, 0.717) is 23.2 Å². The Morgan fingerprint density at radius 2 is 1.43 bits per heavy atom. The third-order valence-corrected chi connectivity index (χ3v) is 14.8. The Hall–Kier alpha value is -3.19. The molecule has 9 heteroatoms. The van der Waals surface area contributed by atoms with Crippen LogP contribution in [0.4, 0.5) is 0 Å². The van der Waals surface area contributed by atoms with Gasteiger partial charge in [0.15, 0.2) is 7.26 Å². The Morgan fingerprint density at radius 3 is 1.95 bits per heavy atom. The first-order valence-corrected chi connectivity index (χ1v) is 21.8. The van der Waals surface area contributed by atoms with E-state index in [-0.39, 0.29) is 0 Å². The molecule has 0 aliphatic rings. The van der Waals surface area contributed by atoms with Crippen molar-refractivity contribution >= 4 is 71.1 Å². The van der Waals surface area contributed by atoms with Crippen LogP contribution < -0.4 is 21.3 Å². The summed E-state index contributed by atoms with van der Waals surface area (Å²) in [4.78, 5) is 10.1. The average Bonchev–Trinajstić information content (AvgIpc) is 3.66. The van der Waals surface area contributed by atoms with Gasteiger partial charge in [-0.1, -0.05) is 97.6 Å². The molecule has 6 rings (SSSR count). The molecule has 0 N–H and O–H groups in total. The van der Waals surface area contributed by atoms with Crippen LogP contribution in [0.2, 0.25) is 30.7 Å². The van der Waals surface area contributed by atoms with Crippen LogP contribution in [-0.2, 0) is 11.5 Å². The van der Waals surface area contributed by atoms with E-state index in [9.17, 15) is 0 Å². The maximum absolute atomic E-state index is 7.09. The molecule has 44 heavy (non-hydrogen) atoms. The van der Waals surface area contributed by atoms with Crippen molar-refractivity contribution < 1.29 is 9.15 Å². The molecule has 0 unspecified atom stereocenters. The zero-order chi connectivity index (χ0) is 30.7. The number of benzene rings is 3. The van der Waals surface area contributed by atoms with Crippen molar-refractivity contribution in [3.63, 3.8) is 0 Å². The van der Waals surface area contributed by atoms with E-state index < -0.39 is 15.3 Å². The van der Waals surface area contributed by atoms with E-state index in [2.05, 4.69) is 111 Å². The minimum absolute atomic E-state index is 0.439. The van der Waals surface area contributed by atoms with Gasteiger partial charge < -0.3 is 13.7 Å². The topological polar surface area (TPSA) is 53.1 Å². The molecule has 3 heterocycles. The van der Waals surface area contributed by atoms with Crippen molar-refractivity contribution in [3.05, 3.63) is 114 Å². The van der Waals surface area contributed by atoms with Crippen molar-refractivity contribution in [2.45, 2.75) is 37.5 Å². The number of thioether (sulfide) groups is 1. The van der Waals surface area contributed by atoms with Crippen LogP contribution in [0.1, 0.15) is 0 Å². The summed E-state index contributed by atoms with van der Waals surface area (Å²) in [6.45, 7) is 8.24. The van der Waals surface area contributed by atoms with Crippen LogP contribution in [0.3, 0.4) is 0 Å². The molecule has 0 bridgehead atoms. The zero-order valence-corrected chi connectivity index (χ0v) is 28.9. The van der Waals surface area contributed by atoms with Crippen LogP contribution in [0.25, 0.3) is 22.5 Å². The first kappa shape index (κ1) is 30.8. The fourth-order valence-electron chi connectivity index (χ4n) is 5.43. The summed E-state index contributed by atoms with van der Waals surface area (Å²) in [5.74, 6) is 0.468. The highest BCUT2D eigenvalue weighted by Gasteiger charge is 2.52. The number of oxazole rings is 1. The highest BCUT2D eigenvalue weighted by Crippen LogP contribution is 2.56. The molecular formula is C35H36ClN3O2PSSi+. The summed E-state index contributed by atoms with van der Waals surface area (Å²) in [7, 11) is -3.61. The van der Waals surface area contributed by atoms with Gasteiger partial charge >= 0.3 is 0 Å². The van der Waals surface area contributed by atoms with E-state index in [1.165, 1.54) is 15.9 Å². The number of ether oxygens (including phenoxy) is 1. The van der Waals surface area contributed by atoms with Crippen molar-refractivity contribution in [1.82, 2.24) is 14.5 Å². The smallest absolute Gasteiger partial charge is 0.251 e. The van der Waals surface area contributed by atoms with E-state index in [1.54, 1.807) is 18.0 Å². The zero-order valence-electron chi connectivity index (χ0n) is 25.4. The second kappa shape index (κ2) is 13.0. The number of halogens is 1. The molecule has 0 saturated carbocycles. The van der Waals surface area contributed by atoms with Gasteiger partial charge in [0.2, 0.25) is 11.0 Å². The quantitative estimate of drug-likeness (QED) is 0.0612. The van der Waals surface area contributed by atoms with Gasteiger partial charge in [0.1, 0.15) is 28.3 Å². The van der Waals surface area contributed by atoms with Crippen molar-refractivity contribution in [1.29, 1.82) is 0 Å². The number of hydrogen-bond acceptors (Lipinski definition) is 5. The Labute approximate surface area is 270 Å². The summed E-state index contributed by atoms with van der Waals surface area (Å²) in [6.07, 6.45) is 5.79. The van der Waals surface area contributed by atoms with Gasteiger partial charge in [-0.2, -0.15) is 4.98 Å². The fraction of sp³-hybridized carbons (Fsp3) is 0.200. The van der Waals surface area contributed by atoms with Gasteiger partial charge in [0.05, 0.1) is 10.6 Å². The molecule has 0 fully saturated rings. The lowest BCUT2D eigenvalue weighted by molar-refractivity contribution is 0.0899. The number of nitrogens with zero attached hydrogens (tertiary/aromatic N) is 3. The Balaban J connectivity index is 1.48. The van der Waals surface area contributed by atoms with Gasteiger partial charge in [0, 0.05) is 32.5 Å². The van der Waals surface area contributed by atoms with Crippen LogP contribution in [0.15, 0.2) is 119 Å². The Kier molecular flexibility index (Phi) is 9.13. The molecule has 5 nitrogen and oxygen atoms in total. The minimum Gasteiger partial charge on any atom is -0.425 e. The van der Waals surface area contributed by atoms with Crippen LogP contribution >= 0.6 is 30.6 Å². The maximum atomic E-state index is 7.09. The van der Waals surface area contributed by atoms with Crippen LogP contribution in [0.5, 0.6) is 0 Å². The Bertz CT molecular complexity index is 1760. The molecule has 0 spiro atoms. The molecule has 0 atom stereocenters. The molecule has 0 amide bonds. The van der Waals surface area contributed by atoms with Gasteiger partial charge in [-0.15, -0.1) is 0 Å². The lowest BCUT2D eigenvalue weighted by Crippen LogP contribution is -2.39. The number of rotatable bonds is 11. The number of pyridine rings is 1. The first-order chi connectivity index (χ1) is 21.3. The minimum atomic E-state index is -2.45. The SMILES string of the molecule is CSc1oc(-c2cnc3c(ccn3COCC[Si](C)(C)C)c2Cl)nc1[P+](c1ccccc1)(c1ccccc1)c1ccccc1. The monoisotopic (exact) mass is 656 g/mol. The van der Waals surface area contributed by atoms with Crippen LogP contribution in [-0.4, -0.2) is 35.5 Å². The molecule has 0 saturated heterocycles. The largest absolute Gasteiger partial charge is 0.425 e. The molecule has 0 radical (unpaired) electrons. The van der Waals surface area contributed by atoms with Crippen molar-refractivity contribution in [2.24, 2.45) is 0 Å². The second-order valence-corrected chi connectivity index (χ2v) is 22.0. The third-order valence-electron chi connectivity index (χ3n) is 7.69. The van der Waals surface area contributed by atoms with E-state index in [1.807, 2.05) is 23.1 Å². The Morgan fingerprint density at radius 1 is 0.864 bits per heavy atom. The van der Waals surface area contributed by atoms with Crippen molar-refractivity contribution in [3.8, 4) is 11.5 Å². The highest BCUT2D eigenvalue weighted by molar-refractivity contribution is 8.04. The molecule has 6 aromatic rings. The highest BCUT2D eigenvalue weighted by atomic mass is 35.5. The number of fused-ring (bicyclic) bond motifs is 1. The average molecular weight is 657 g/mol. The van der Waals surface area contributed by atoms with Crippen LogP contribution in [0, 0.1) is 0 Å². The van der Waals surface area contributed by atoms with Gasteiger partial charge in [0.25, 0.3) is 5.44 Å². The predicted molar refractivity (Wildman–Crippen MR) is 191 cm³/mol. The molecule has 224 valence electrons. The third kappa shape index (κ3) is 5.92. The van der Waals surface area contributed by atoms with E-state index in [0.717, 1.165) is 34.2 Å². The molecular weight excluding hydrogens is 621 g/mol. The molecule has 0 aliphatic heterocycles. The summed E-state index contributed by atoms with van der Waals surface area (Å²) in [5, 5.41) is 5.81. The fourth-order valence-corrected chi connectivity index (χ4v) is 11.6. The lowest BCUT2D eigenvalue weighted by Gasteiger charge is -2.25. The first-order valence-electron chi connectivity index (χ1n) is 14.7. The molecule has 0 aliphatic carbocycles. The molecule has 3 aromatic heterocycles. The molecule has 3 aromatic carbocycles. The summed E-state index contributed by atoms with van der Waals surface area (Å²) < 4.78 is 14.6. The maximum Gasteiger partial charge on any atom is 0.251 e. The van der Waals surface area contributed by atoms with E-state index in [4.69, 9.17) is 30.7 Å². The van der Waals surface area contributed by atoms with Gasteiger partial charge in [-0.05, 0) is 54.8 Å². The predicted octanol–water partition coefficient (Wildman–Crippen LogP) is 8.00. The normalized spacial score (nSPS) is 12.2. The summed E-state index contributed by atoms with van der Waals surface area (Å²) >= 11 is 8.66. The second-order valence-electron chi connectivity index (χ2n) is 11.9. The number of aromatic nitrogens is 3. The van der Waals surface area contributed by atoms with Crippen molar-refractivity contribution in [2.75, 3.05) is 12.9 Å².